The number of ether oxygens (including phenoxy) is 1. The number of aryl methyl sites for hydroxylation is 1. The molecule has 138 valence electrons. The zero-order valence-corrected chi connectivity index (χ0v) is 14.9. The van der Waals surface area contributed by atoms with E-state index in [1.807, 2.05) is 37.3 Å². The normalized spacial score (nSPS) is 10.8. The van der Waals surface area contributed by atoms with Gasteiger partial charge in [-0.25, -0.2) is 14.0 Å². The van der Waals surface area contributed by atoms with Crippen molar-refractivity contribution in [2.45, 2.75) is 6.92 Å². The zero-order chi connectivity index (χ0) is 19.7. The summed E-state index contributed by atoms with van der Waals surface area (Å²) in [5.41, 5.74) is 2.01. The first-order chi connectivity index (χ1) is 13.5. The molecule has 3 aromatic carbocycles. The molecule has 1 heterocycles. The molecule has 4 nitrogen and oxygen atoms in total. The second-order valence-corrected chi connectivity index (χ2v) is 6.31. The number of hydrogen-bond donors (Lipinski definition) is 0. The number of benzene rings is 3. The predicted molar refractivity (Wildman–Crippen MR) is 104 cm³/mol. The van der Waals surface area contributed by atoms with E-state index in [-0.39, 0.29) is 11.3 Å². The van der Waals surface area contributed by atoms with Gasteiger partial charge in [0.05, 0.1) is 11.1 Å². The van der Waals surface area contributed by atoms with Crippen molar-refractivity contribution in [1.82, 2.24) is 0 Å². The van der Waals surface area contributed by atoms with Crippen LogP contribution in [0.2, 0.25) is 0 Å². The van der Waals surface area contributed by atoms with E-state index < -0.39 is 17.4 Å². The summed E-state index contributed by atoms with van der Waals surface area (Å²) in [6, 6.07) is 19.2. The van der Waals surface area contributed by atoms with Gasteiger partial charge in [-0.15, -0.1) is 0 Å². The lowest BCUT2D eigenvalue weighted by Crippen LogP contribution is -2.09. The van der Waals surface area contributed by atoms with Crippen LogP contribution < -0.4 is 10.4 Å². The molecule has 4 rings (SSSR count). The molecule has 0 saturated heterocycles. The highest BCUT2D eigenvalue weighted by molar-refractivity contribution is 5.92. The Morgan fingerprint density at radius 3 is 2.50 bits per heavy atom. The van der Waals surface area contributed by atoms with Crippen LogP contribution in [0.3, 0.4) is 0 Å². The molecule has 0 fully saturated rings. The fourth-order valence-corrected chi connectivity index (χ4v) is 3.11. The van der Waals surface area contributed by atoms with Gasteiger partial charge >= 0.3 is 11.6 Å². The van der Waals surface area contributed by atoms with Crippen LogP contribution in [0.5, 0.6) is 5.75 Å². The number of fused-ring (bicyclic) bond motifs is 1. The lowest BCUT2D eigenvalue weighted by atomic mass is 9.99. The van der Waals surface area contributed by atoms with Crippen LogP contribution in [-0.4, -0.2) is 5.97 Å². The fourth-order valence-electron chi connectivity index (χ4n) is 3.11. The van der Waals surface area contributed by atoms with Gasteiger partial charge in [0, 0.05) is 5.39 Å². The molecule has 0 aliphatic heterocycles. The van der Waals surface area contributed by atoms with Crippen LogP contribution in [-0.2, 0) is 0 Å². The molecule has 0 aliphatic carbocycles. The van der Waals surface area contributed by atoms with E-state index in [4.69, 9.17) is 9.15 Å². The van der Waals surface area contributed by atoms with Crippen LogP contribution in [0.1, 0.15) is 15.9 Å². The lowest BCUT2D eigenvalue weighted by molar-refractivity contribution is 0.0734. The highest BCUT2D eigenvalue weighted by Crippen LogP contribution is 2.29. The first kappa shape index (κ1) is 17.7. The molecule has 5 heteroatoms. The Bertz CT molecular complexity index is 1240. The highest BCUT2D eigenvalue weighted by atomic mass is 19.1. The van der Waals surface area contributed by atoms with Gasteiger partial charge in [-0.05, 0) is 54.4 Å². The van der Waals surface area contributed by atoms with Crippen molar-refractivity contribution < 1.29 is 18.3 Å². The minimum atomic E-state index is -0.669. The number of hydrogen-bond acceptors (Lipinski definition) is 4. The fraction of sp³-hybridized carbons (Fsp3) is 0.0435. The van der Waals surface area contributed by atoms with Crippen molar-refractivity contribution >= 4 is 16.9 Å². The summed E-state index contributed by atoms with van der Waals surface area (Å²) in [7, 11) is 0. The maximum Gasteiger partial charge on any atom is 0.344 e. The van der Waals surface area contributed by atoms with Crippen LogP contribution in [0.25, 0.3) is 22.1 Å². The molecule has 4 aromatic rings. The SMILES string of the molecule is Cc1c(-c2ccccc2)c(=O)oc2ccc(OC(=O)c3cccc(F)c3)cc12. The standard InChI is InChI=1S/C23H15FO4/c1-14-19-13-18(27-22(25)16-8-5-9-17(24)12-16)10-11-20(19)28-23(26)21(14)15-6-3-2-4-7-15/h2-13H,1H3. The van der Waals surface area contributed by atoms with Crippen molar-refractivity contribution in [3.05, 3.63) is 100 Å². The maximum absolute atomic E-state index is 13.3. The van der Waals surface area contributed by atoms with Crippen molar-refractivity contribution in [3.63, 3.8) is 0 Å². The quantitative estimate of drug-likeness (QED) is 0.283. The van der Waals surface area contributed by atoms with Gasteiger partial charge in [0.15, 0.2) is 0 Å². The third kappa shape index (κ3) is 3.30. The Morgan fingerprint density at radius 1 is 0.964 bits per heavy atom. The summed E-state index contributed by atoms with van der Waals surface area (Å²) in [6.45, 7) is 1.82. The third-order valence-corrected chi connectivity index (χ3v) is 4.47. The molecule has 0 unspecified atom stereocenters. The molecule has 0 atom stereocenters. The molecule has 28 heavy (non-hydrogen) atoms. The Kier molecular flexibility index (Phi) is 4.49. The number of carbonyl (C=O) groups is 1. The van der Waals surface area contributed by atoms with E-state index >= 15 is 0 Å². The second-order valence-electron chi connectivity index (χ2n) is 6.31. The van der Waals surface area contributed by atoms with E-state index in [1.54, 1.807) is 12.1 Å². The van der Waals surface area contributed by atoms with Gasteiger partial charge < -0.3 is 9.15 Å². The van der Waals surface area contributed by atoms with E-state index in [1.165, 1.54) is 24.3 Å². The molecule has 1 aromatic heterocycles. The molecular formula is C23H15FO4. The third-order valence-electron chi connectivity index (χ3n) is 4.47. The summed E-state index contributed by atoms with van der Waals surface area (Å²) in [4.78, 5) is 24.7. The van der Waals surface area contributed by atoms with Gasteiger partial charge in [0.2, 0.25) is 0 Å². The van der Waals surface area contributed by atoms with Crippen LogP contribution in [0, 0.1) is 12.7 Å². The smallest absolute Gasteiger partial charge is 0.344 e. The van der Waals surface area contributed by atoms with E-state index in [0.29, 0.717) is 16.5 Å². The monoisotopic (exact) mass is 374 g/mol. The second kappa shape index (κ2) is 7.12. The molecule has 0 bridgehead atoms. The van der Waals surface area contributed by atoms with Crippen LogP contribution in [0.4, 0.5) is 4.39 Å². The first-order valence-electron chi connectivity index (χ1n) is 8.63. The first-order valence-corrected chi connectivity index (χ1v) is 8.63. The summed E-state index contributed by atoms with van der Waals surface area (Å²) in [5.74, 6) is -0.909. The number of carbonyl (C=O) groups excluding carboxylic acids is 1. The van der Waals surface area contributed by atoms with Crippen LogP contribution in [0.15, 0.2) is 82.0 Å². The minimum Gasteiger partial charge on any atom is -0.423 e. The molecule has 0 N–H and O–H groups in total. The molecule has 0 amide bonds. The van der Waals surface area contributed by atoms with Crippen molar-refractivity contribution in [2.75, 3.05) is 0 Å². The number of halogens is 1. The Morgan fingerprint density at radius 2 is 1.75 bits per heavy atom. The summed E-state index contributed by atoms with van der Waals surface area (Å²) >= 11 is 0. The molecular weight excluding hydrogens is 359 g/mol. The Balaban J connectivity index is 1.76. The van der Waals surface area contributed by atoms with Gasteiger partial charge in [0.25, 0.3) is 0 Å². The Labute approximate surface area is 159 Å². The van der Waals surface area contributed by atoms with E-state index in [2.05, 4.69) is 0 Å². The van der Waals surface area contributed by atoms with Gasteiger partial charge in [-0.2, -0.15) is 0 Å². The zero-order valence-electron chi connectivity index (χ0n) is 14.9. The van der Waals surface area contributed by atoms with E-state index in [9.17, 15) is 14.0 Å². The summed E-state index contributed by atoms with van der Waals surface area (Å²) in [6.07, 6.45) is 0. The largest absolute Gasteiger partial charge is 0.423 e. The van der Waals surface area contributed by atoms with Crippen molar-refractivity contribution in [3.8, 4) is 16.9 Å². The summed E-state index contributed by atoms with van der Waals surface area (Å²) in [5, 5.41) is 0.656. The molecule has 0 spiro atoms. The van der Waals surface area contributed by atoms with Crippen molar-refractivity contribution in [2.24, 2.45) is 0 Å². The molecule has 0 aliphatic rings. The minimum absolute atomic E-state index is 0.112. The lowest BCUT2D eigenvalue weighted by Gasteiger charge is -2.10. The highest BCUT2D eigenvalue weighted by Gasteiger charge is 2.15. The number of esters is 1. The molecule has 0 saturated carbocycles. The number of rotatable bonds is 3. The summed E-state index contributed by atoms with van der Waals surface area (Å²) < 4.78 is 24.1. The van der Waals surface area contributed by atoms with Crippen molar-refractivity contribution in [1.29, 1.82) is 0 Å². The topological polar surface area (TPSA) is 56.5 Å². The Hall–Kier alpha value is -3.73. The van der Waals surface area contributed by atoms with E-state index in [0.717, 1.165) is 17.2 Å². The predicted octanol–water partition coefficient (Wildman–Crippen LogP) is 5.13. The van der Waals surface area contributed by atoms with Gasteiger partial charge in [-0.1, -0.05) is 36.4 Å². The van der Waals surface area contributed by atoms with Gasteiger partial charge in [0.1, 0.15) is 17.1 Å². The van der Waals surface area contributed by atoms with Gasteiger partial charge in [-0.3, -0.25) is 0 Å². The maximum atomic E-state index is 13.3. The molecule has 0 radical (unpaired) electrons. The van der Waals surface area contributed by atoms with Crippen LogP contribution >= 0.6 is 0 Å². The average molecular weight is 374 g/mol. The average Bonchev–Trinajstić information content (AvgIpc) is 2.69.